The van der Waals surface area contributed by atoms with E-state index in [0.717, 1.165) is 36.8 Å². The summed E-state index contributed by atoms with van der Waals surface area (Å²) in [4.78, 5) is 24.2. The zero-order chi connectivity index (χ0) is 13.1. The summed E-state index contributed by atoms with van der Waals surface area (Å²) in [5.41, 5.74) is 8.19. The zero-order valence-corrected chi connectivity index (χ0v) is 10.6. The summed E-state index contributed by atoms with van der Waals surface area (Å²) in [5, 5.41) is 0. The van der Waals surface area contributed by atoms with Crippen molar-refractivity contribution in [2.24, 2.45) is 5.73 Å². The fraction of sp³-hybridized carbons (Fsp3) is 0.429. The monoisotopic (exact) mass is 246 g/mol. The average molecular weight is 246 g/mol. The van der Waals surface area contributed by atoms with Gasteiger partial charge in [-0.1, -0.05) is 18.2 Å². The van der Waals surface area contributed by atoms with Crippen molar-refractivity contribution in [3.63, 3.8) is 0 Å². The maximum absolute atomic E-state index is 11.3. The number of hydrogen-bond acceptors (Lipinski definition) is 3. The third-order valence-corrected chi connectivity index (χ3v) is 3.54. The Labute approximate surface area is 107 Å². The highest BCUT2D eigenvalue weighted by atomic mass is 16.1. The van der Waals surface area contributed by atoms with Gasteiger partial charge in [-0.15, -0.1) is 0 Å². The molecule has 1 atom stereocenters. The number of aldehydes is 1. The molecule has 1 aromatic carbocycles. The average Bonchev–Trinajstić information content (AvgIpc) is 2.77. The van der Waals surface area contributed by atoms with E-state index in [9.17, 15) is 9.59 Å². The smallest absolute Gasteiger partial charge is 0.234 e. The lowest BCUT2D eigenvalue weighted by atomic mass is 10.1. The van der Waals surface area contributed by atoms with Gasteiger partial charge >= 0.3 is 0 Å². The molecule has 4 nitrogen and oxygen atoms in total. The lowest BCUT2D eigenvalue weighted by molar-refractivity contribution is -0.122. The first-order valence-electron chi connectivity index (χ1n) is 6.20. The molecule has 0 radical (unpaired) electrons. The topological polar surface area (TPSA) is 63.4 Å². The molecule has 1 heterocycles. The fourth-order valence-electron chi connectivity index (χ4n) is 2.54. The van der Waals surface area contributed by atoms with Crippen LogP contribution in [0.25, 0.3) is 0 Å². The van der Waals surface area contributed by atoms with Crippen LogP contribution in [0.2, 0.25) is 0 Å². The second kappa shape index (κ2) is 5.31. The first-order chi connectivity index (χ1) is 8.61. The van der Waals surface area contributed by atoms with Crippen molar-refractivity contribution >= 4 is 12.2 Å². The van der Waals surface area contributed by atoms with Gasteiger partial charge in [0.15, 0.2) is 0 Å². The number of nitrogens with two attached hydrogens (primary N) is 1. The molecule has 18 heavy (non-hydrogen) atoms. The predicted molar refractivity (Wildman–Crippen MR) is 69.2 cm³/mol. The van der Waals surface area contributed by atoms with Crippen LogP contribution in [-0.2, 0) is 11.3 Å². The van der Waals surface area contributed by atoms with E-state index in [4.69, 9.17) is 5.73 Å². The molecule has 1 amide bonds. The van der Waals surface area contributed by atoms with E-state index in [2.05, 4.69) is 4.90 Å². The number of amides is 1. The van der Waals surface area contributed by atoms with E-state index in [-0.39, 0.29) is 11.9 Å². The van der Waals surface area contributed by atoms with Gasteiger partial charge < -0.3 is 5.73 Å². The number of hydrogen-bond donors (Lipinski definition) is 1. The van der Waals surface area contributed by atoms with Crippen LogP contribution in [-0.4, -0.2) is 29.7 Å². The van der Waals surface area contributed by atoms with Crippen LogP contribution in [0.1, 0.15) is 34.3 Å². The van der Waals surface area contributed by atoms with Crippen molar-refractivity contribution in [3.8, 4) is 0 Å². The van der Waals surface area contributed by atoms with E-state index >= 15 is 0 Å². The number of aryl methyl sites for hydroxylation is 1. The van der Waals surface area contributed by atoms with Gasteiger partial charge in [-0.3, -0.25) is 14.5 Å². The molecule has 0 saturated carbocycles. The second-order valence-electron chi connectivity index (χ2n) is 4.84. The Morgan fingerprint density at radius 3 is 2.94 bits per heavy atom. The predicted octanol–water partition coefficient (Wildman–Crippen LogP) is 1.26. The SMILES string of the molecule is Cc1cc(CN2CCCC2C(N)=O)ccc1C=O. The highest BCUT2D eigenvalue weighted by Gasteiger charge is 2.28. The summed E-state index contributed by atoms with van der Waals surface area (Å²) in [5.74, 6) is -0.242. The number of primary amides is 1. The van der Waals surface area contributed by atoms with Gasteiger partial charge in [-0.05, 0) is 37.4 Å². The van der Waals surface area contributed by atoms with E-state index < -0.39 is 0 Å². The van der Waals surface area contributed by atoms with Crippen LogP contribution < -0.4 is 5.73 Å². The Kier molecular flexibility index (Phi) is 3.77. The van der Waals surface area contributed by atoms with Gasteiger partial charge in [-0.2, -0.15) is 0 Å². The minimum atomic E-state index is -0.242. The largest absolute Gasteiger partial charge is 0.368 e. The molecule has 2 rings (SSSR count). The van der Waals surface area contributed by atoms with Gasteiger partial charge in [0.2, 0.25) is 5.91 Å². The Bertz CT molecular complexity index is 471. The molecule has 2 N–H and O–H groups in total. The van der Waals surface area contributed by atoms with Gasteiger partial charge in [-0.25, -0.2) is 0 Å². The molecule has 0 bridgehead atoms. The van der Waals surface area contributed by atoms with Gasteiger partial charge in [0.05, 0.1) is 6.04 Å². The molecule has 0 spiro atoms. The zero-order valence-electron chi connectivity index (χ0n) is 10.6. The number of carbonyl (C=O) groups is 2. The molecule has 1 aliphatic rings. The van der Waals surface area contributed by atoms with Crippen molar-refractivity contribution in [1.82, 2.24) is 4.90 Å². The molecule has 1 aromatic rings. The van der Waals surface area contributed by atoms with Gasteiger partial charge in [0.1, 0.15) is 6.29 Å². The Morgan fingerprint density at radius 2 is 2.33 bits per heavy atom. The van der Waals surface area contributed by atoms with Crippen molar-refractivity contribution in [2.45, 2.75) is 32.4 Å². The molecule has 0 aliphatic carbocycles. The number of benzene rings is 1. The first-order valence-corrected chi connectivity index (χ1v) is 6.20. The summed E-state index contributed by atoms with van der Waals surface area (Å²) in [6.07, 6.45) is 2.72. The van der Waals surface area contributed by atoms with E-state index in [1.165, 1.54) is 0 Å². The Balaban J connectivity index is 2.11. The van der Waals surface area contributed by atoms with Crippen LogP contribution >= 0.6 is 0 Å². The molecular formula is C14H18N2O2. The molecule has 1 unspecified atom stereocenters. The molecule has 1 saturated heterocycles. The first kappa shape index (κ1) is 12.8. The lowest BCUT2D eigenvalue weighted by Gasteiger charge is -2.22. The summed E-state index contributed by atoms with van der Waals surface area (Å²) < 4.78 is 0. The van der Waals surface area contributed by atoms with Gasteiger partial charge in [0, 0.05) is 12.1 Å². The lowest BCUT2D eigenvalue weighted by Crippen LogP contribution is -2.39. The number of likely N-dealkylation sites (tertiary alicyclic amines) is 1. The summed E-state index contributed by atoms with van der Waals surface area (Å²) in [6, 6.07) is 5.62. The maximum atomic E-state index is 11.3. The molecule has 96 valence electrons. The summed E-state index contributed by atoms with van der Waals surface area (Å²) >= 11 is 0. The third kappa shape index (κ3) is 2.59. The van der Waals surface area contributed by atoms with E-state index in [1.807, 2.05) is 25.1 Å². The minimum Gasteiger partial charge on any atom is -0.368 e. The molecule has 1 aliphatic heterocycles. The van der Waals surface area contributed by atoms with Crippen LogP contribution in [0.5, 0.6) is 0 Å². The Morgan fingerprint density at radius 1 is 1.56 bits per heavy atom. The van der Waals surface area contributed by atoms with E-state index in [0.29, 0.717) is 12.1 Å². The van der Waals surface area contributed by atoms with Crippen molar-refractivity contribution in [1.29, 1.82) is 0 Å². The molecule has 0 aromatic heterocycles. The second-order valence-corrected chi connectivity index (χ2v) is 4.84. The number of nitrogens with zero attached hydrogens (tertiary/aromatic N) is 1. The highest BCUT2D eigenvalue weighted by molar-refractivity contribution is 5.80. The van der Waals surface area contributed by atoms with Crippen LogP contribution in [0.4, 0.5) is 0 Å². The van der Waals surface area contributed by atoms with Gasteiger partial charge in [0.25, 0.3) is 0 Å². The number of rotatable bonds is 4. The highest BCUT2D eigenvalue weighted by Crippen LogP contribution is 2.20. The van der Waals surface area contributed by atoms with E-state index in [1.54, 1.807) is 0 Å². The van der Waals surface area contributed by atoms with Crippen molar-refractivity contribution in [2.75, 3.05) is 6.54 Å². The number of carbonyl (C=O) groups excluding carboxylic acids is 2. The Hall–Kier alpha value is -1.68. The minimum absolute atomic E-state index is 0.143. The quantitative estimate of drug-likeness (QED) is 0.813. The molecular weight excluding hydrogens is 228 g/mol. The molecule has 1 fully saturated rings. The van der Waals surface area contributed by atoms with Crippen LogP contribution in [0.15, 0.2) is 18.2 Å². The maximum Gasteiger partial charge on any atom is 0.234 e. The fourth-order valence-corrected chi connectivity index (χ4v) is 2.54. The van der Waals surface area contributed by atoms with Crippen molar-refractivity contribution in [3.05, 3.63) is 34.9 Å². The standard InChI is InChI=1S/C14H18N2O2/c1-10-7-11(4-5-12(10)9-17)8-16-6-2-3-13(16)14(15)18/h4-5,7,9,13H,2-3,6,8H2,1H3,(H2,15,18). The molecule has 4 heteroatoms. The summed E-state index contributed by atoms with van der Waals surface area (Å²) in [7, 11) is 0. The summed E-state index contributed by atoms with van der Waals surface area (Å²) in [6.45, 7) is 3.54. The van der Waals surface area contributed by atoms with Crippen LogP contribution in [0.3, 0.4) is 0 Å². The van der Waals surface area contributed by atoms with Crippen LogP contribution in [0, 0.1) is 6.92 Å². The third-order valence-electron chi connectivity index (χ3n) is 3.54. The van der Waals surface area contributed by atoms with Crippen molar-refractivity contribution < 1.29 is 9.59 Å². The normalized spacial score (nSPS) is 19.9.